The first-order chi connectivity index (χ1) is 9.52. The van der Waals surface area contributed by atoms with E-state index in [0.29, 0.717) is 24.8 Å². The number of hydrogen-bond acceptors (Lipinski definition) is 4. The van der Waals surface area contributed by atoms with Crippen LogP contribution in [0.3, 0.4) is 0 Å². The van der Waals surface area contributed by atoms with Crippen LogP contribution in [0.25, 0.3) is 0 Å². The molecule has 2 amide bonds. The number of carbonyl (C=O) groups excluding carboxylic acids is 1. The molecule has 0 spiro atoms. The van der Waals surface area contributed by atoms with Crippen molar-refractivity contribution in [3.63, 3.8) is 0 Å². The highest BCUT2D eigenvalue weighted by Crippen LogP contribution is 2.14. The van der Waals surface area contributed by atoms with E-state index in [9.17, 15) is 9.59 Å². The third-order valence-electron chi connectivity index (χ3n) is 3.12. The summed E-state index contributed by atoms with van der Waals surface area (Å²) < 4.78 is 1.46. The lowest BCUT2D eigenvalue weighted by Gasteiger charge is -2.14. The van der Waals surface area contributed by atoms with Crippen molar-refractivity contribution in [2.45, 2.75) is 32.6 Å². The number of nitrogens with zero attached hydrogens (tertiary/aromatic N) is 3. The number of anilines is 1. The highest BCUT2D eigenvalue weighted by atomic mass is 16.4. The maximum absolute atomic E-state index is 11.6. The minimum atomic E-state index is -0.781. The Morgan fingerprint density at radius 2 is 2.20 bits per heavy atom. The summed E-state index contributed by atoms with van der Waals surface area (Å²) >= 11 is 0. The summed E-state index contributed by atoms with van der Waals surface area (Å²) in [5.41, 5.74) is 0. The second-order valence-corrected chi connectivity index (χ2v) is 4.58. The smallest absolute Gasteiger partial charge is 0.321 e. The molecule has 0 aliphatic heterocycles. The molecule has 0 aromatic carbocycles. The maximum atomic E-state index is 11.6. The lowest BCUT2D eigenvalue weighted by Crippen LogP contribution is -2.31. The van der Waals surface area contributed by atoms with Gasteiger partial charge in [-0.25, -0.2) is 9.48 Å². The van der Waals surface area contributed by atoms with E-state index in [1.807, 2.05) is 6.92 Å². The van der Waals surface area contributed by atoms with Crippen LogP contribution < -0.4 is 10.6 Å². The third kappa shape index (κ3) is 5.68. The van der Waals surface area contributed by atoms with Gasteiger partial charge in [-0.1, -0.05) is 13.3 Å². The molecule has 3 N–H and O–H groups in total. The Kier molecular flexibility index (Phi) is 6.48. The van der Waals surface area contributed by atoms with Gasteiger partial charge in [-0.05, 0) is 18.8 Å². The predicted molar refractivity (Wildman–Crippen MR) is 73.3 cm³/mol. The van der Waals surface area contributed by atoms with Gasteiger partial charge in [0.2, 0.25) is 5.95 Å². The number of aryl methyl sites for hydroxylation is 1. The number of carbonyl (C=O) groups is 2. The van der Waals surface area contributed by atoms with Crippen LogP contribution in [0.1, 0.15) is 32.6 Å². The molecule has 0 fully saturated rings. The van der Waals surface area contributed by atoms with Gasteiger partial charge in [-0.3, -0.25) is 10.1 Å². The molecule has 1 aromatic heterocycles. The largest absolute Gasteiger partial charge is 0.481 e. The lowest BCUT2D eigenvalue weighted by atomic mass is 9.97. The van der Waals surface area contributed by atoms with Crippen LogP contribution in [0.2, 0.25) is 0 Å². The van der Waals surface area contributed by atoms with Gasteiger partial charge in [0.1, 0.15) is 6.33 Å². The van der Waals surface area contributed by atoms with Crippen molar-refractivity contribution in [1.82, 2.24) is 20.1 Å². The Morgan fingerprint density at radius 1 is 1.45 bits per heavy atom. The molecular formula is C12H21N5O3. The summed E-state index contributed by atoms with van der Waals surface area (Å²) in [6.45, 7) is 2.52. The summed E-state index contributed by atoms with van der Waals surface area (Å²) in [5, 5.41) is 17.8. The number of carboxylic acids is 1. The zero-order chi connectivity index (χ0) is 15.0. The van der Waals surface area contributed by atoms with Crippen LogP contribution in [-0.2, 0) is 11.8 Å². The second kappa shape index (κ2) is 8.13. The van der Waals surface area contributed by atoms with Crippen molar-refractivity contribution in [1.29, 1.82) is 0 Å². The number of nitrogens with one attached hydrogen (secondary N) is 2. The van der Waals surface area contributed by atoms with Gasteiger partial charge in [0.05, 0.1) is 0 Å². The monoisotopic (exact) mass is 283 g/mol. The van der Waals surface area contributed by atoms with Crippen molar-refractivity contribution in [2.75, 3.05) is 11.9 Å². The molecule has 112 valence electrons. The fourth-order valence-corrected chi connectivity index (χ4v) is 1.83. The number of rotatable bonds is 8. The lowest BCUT2D eigenvalue weighted by molar-refractivity contribution is -0.137. The van der Waals surface area contributed by atoms with Gasteiger partial charge >= 0.3 is 12.0 Å². The molecule has 0 radical (unpaired) electrons. The van der Waals surface area contributed by atoms with Crippen LogP contribution in [0, 0.1) is 5.92 Å². The number of carboxylic acid groups (broad SMARTS) is 1. The molecule has 0 saturated carbocycles. The Labute approximate surface area is 117 Å². The second-order valence-electron chi connectivity index (χ2n) is 4.58. The molecular weight excluding hydrogens is 262 g/mol. The van der Waals surface area contributed by atoms with E-state index in [1.54, 1.807) is 7.05 Å². The molecule has 1 rings (SSSR count). The standard InChI is InChI=1S/C12H21N5O3/c1-3-9(4-5-10(18)19)6-7-13-12(20)16-11-14-8-15-17(11)2/h8-9H,3-7H2,1-2H3,(H,18,19)(H2,13,14,15,16,20). The van der Waals surface area contributed by atoms with Crippen LogP contribution in [0.15, 0.2) is 6.33 Å². The SMILES string of the molecule is CCC(CCNC(=O)Nc1ncnn1C)CCC(=O)O. The topological polar surface area (TPSA) is 109 Å². The Balaban J connectivity index is 2.23. The molecule has 8 heteroatoms. The van der Waals surface area contributed by atoms with E-state index in [-0.39, 0.29) is 12.5 Å². The minimum Gasteiger partial charge on any atom is -0.481 e. The average Bonchev–Trinajstić information content (AvgIpc) is 2.79. The fraction of sp³-hybridized carbons (Fsp3) is 0.667. The Bertz CT molecular complexity index is 446. The minimum absolute atomic E-state index is 0.170. The van der Waals surface area contributed by atoms with E-state index in [1.165, 1.54) is 11.0 Å². The van der Waals surface area contributed by atoms with E-state index in [0.717, 1.165) is 12.8 Å². The van der Waals surface area contributed by atoms with Crippen molar-refractivity contribution in [2.24, 2.45) is 13.0 Å². The number of aliphatic carboxylic acids is 1. The first-order valence-corrected chi connectivity index (χ1v) is 6.63. The molecule has 0 bridgehead atoms. The molecule has 0 saturated heterocycles. The Morgan fingerprint density at radius 3 is 2.75 bits per heavy atom. The van der Waals surface area contributed by atoms with Gasteiger partial charge in [-0.15, -0.1) is 0 Å². The van der Waals surface area contributed by atoms with Crippen LogP contribution in [-0.4, -0.2) is 38.4 Å². The number of amides is 2. The molecule has 1 atom stereocenters. The summed E-state index contributed by atoms with van der Waals surface area (Å²) in [6.07, 6.45) is 3.83. The maximum Gasteiger partial charge on any atom is 0.321 e. The zero-order valence-electron chi connectivity index (χ0n) is 11.8. The number of urea groups is 1. The van der Waals surface area contributed by atoms with Crippen molar-refractivity contribution in [3.8, 4) is 0 Å². The first-order valence-electron chi connectivity index (χ1n) is 6.63. The number of hydrogen-bond donors (Lipinski definition) is 3. The van der Waals surface area contributed by atoms with Crippen LogP contribution in [0.4, 0.5) is 10.7 Å². The summed E-state index contributed by atoms with van der Waals surface area (Å²) in [6, 6.07) is -0.339. The van der Waals surface area contributed by atoms with Crippen LogP contribution in [0.5, 0.6) is 0 Å². The van der Waals surface area contributed by atoms with E-state index >= 15 is 0 Å². The van der Waals surface area contributed by atoms with Crippen molar-refractivity contribution >= 4 is 17.9 Å². The van der Waals surface area contributed by atoms with Gasteiger partial charge in [0.25, 0.3) is 0 Å². The molecule has 0 aliphatic carbocycles. The van der Waals surface area contributed by atoms with Crippen LogP contribution >= 0.6 is 0 Å². The predicted octanol–water partition coefficient (Wildman–Crippen LogP) is 1.22. The summed E-state index contributed by atoms with van der Waals surface area (Å²) in [7, 11) is 1.68. The molecule has 1 heterocycles. The third-order valence-corrected chi connectivity index (χ3v) is 3.12. The van der Waals surface area contributed by atoms with Gasteiger partial charge in [-0.2, -0.15) is 10.1 Å². The van der Waals surface area contributed by atoms with Crippen molar-refractivity contribution < 1.29 is 14.7 Å². The van der Waals surface area contributed by atoms with E-state index < -0.39 is 5.97 Å². The Hall–Kier alpha value is -2.12. The van der Waals surface area contributed by atoms with Gasteiger partial charge in [0.15, 0.2) is 0 Å². The van der Waals surface area contributed by atoms with Gasteiger partial charge < -0.3 is 10.4 Å². The summed E-state index contributed by atoms with van der Waals surface area (Å²) in [5.74, 6) is -0.0990. The highest BCUT2D eigenvalue weighted by Gasteiger charge is 2.10. The normalized spacial score (nSPS) is 11.9. The number of aromatic nitrogens is 3. The molecule has 1 unspecified atom stereocenters. The molecule has 1 aromatic rings. The molecule has 8 nitrogen and oxygen atoms in total. The van der Waals surface area contributed by atoms with Crippen molar-refractivity contribution in [3.05, 3.63) is 6.33 Å². The highest BCUT2D eigenvalue weighted by molar-refractivity contribution is 5.87. The molecule has 0 aliphatic rings. The fourth-order valence-electron chi connectivity index (χ4n) is 1.83. The molecule has 20 heavy (non-hydrogen) atoms. The van der Waals surface area contributed by atoms with E-state index in [4.69, 9.17) is 5.11 Å². The van der Waals surface area contributed by atoms with E-state index in [2.05, 4.69) is 20.7 Å². The quantitative estimate of drug-likeness (QED) is 0.664. The zero-order valence-corrected chi connectivity index (χ0v) is 11.8. The van der Waals surface area contributed by atoms with Gasteiger partial charge in [0, 0.05) is 20.0 Å². The summed E-state index contributed by atoms with van der Waals surface area (Å²) in [4.78, 5) is 26.0. The average molecular weight is 283 g/mol. The first kappa shape index (κ1) is 15.9.